The average molecular weight is 339 g/mol. The molecule has 0 unspecified atom stereocenters. The van der Waals surface area contributed by atoms with Gasteiger partial charge in [-0.05, 0) is 26.3 Å². The first-order valence-corrected chi connectivity index (χ1v) is 7.74. The predicted molar refractivity (Wildman–Crippen MR) is 84.2 cm³/mol. The van der Waals surface area contributed by atoms with Crippen LogP contribution < -0.4 is 0 Å². The zero-order chi connectivity index (χ0) is 17.7. The molecule has 1 aliphatic rings. The normalized spacial score (nSPS) is 20.6. The van der Waals surface area contributed by atoms with Gasteiger partial charge in [-0.2, -0.15) is 0 Å². The van der Waals surface area contributed by atoms with Crippen molar-refractivity contribution in [3.8, 4) is 0 Å². The minimum absolute atomic E-state index is 0.0615. The lowest BCUT2D eigenvalue weighted by Crippen LogP contribution is -2.33. The van der Waals surface area contributed by atoms with Crippen LogP contribution in [0.2, 0.25) is 0 Å². The Morgan fingerprint density at radius 1 is 1.21 bits per heavy atom. The first-order chi connectivity index (χ1) is 11.2. The van der Waals surface area contributed by atoms with Crippen molar-refractivity contribution in [2.75, 3.05) is 13.1 Å². The van der Waals surface area contributed by atoms with Crippen molar-refractivity contribution >= 4 is 12.2 Å². The number of carbonyl (C=O) groups is 2. The van der Waals surface area contributed by atoms with Crippen LogP contribution in [0.25, 0.3) is 0 Å². The van der Waals surface area contributed by atoms with Crippen LogP contribution in [0.15, 0.2) is 30.3 Å². The van der Waals surface area contributed by atoms with Gasteiger partial charge in [-0.3, -0.25) is 0 Å². The van der Waals surface area contributed by atoms with Crippen molar-refractivity contribution in [3.05, 3.63) is 35.9 Å². The monoisotopic (exact) mass is 339 g/mol. The van der Waals surface area contributed by atoms with E-state index in [1.54, 1.807) is 20.8 Å². The van der Waals surface area contributed by atoms with Crippen LogP contribution in [0.1, 0.15) is 26.3 Å². The summed E-state index contributed by atoms with van der Waals surface area (Å²) in [4.78, 5) is 24.8. The number of benzene rings is 1. The Hall–Kier alpha value is -2.31. The number of ether oxygens (including phenoxy) is 3. The maximum atomic E-state index is 14.0. The van der Waals surface area contributed by atoms with E-state index in [0.717, 1.165) is 5.56 Å². The predicted octanol–water partition coefficient (Wildman–Crippen LogP) is 3.30. The molecule has 0 bridgehead atoms. The fourth-order valence-corrected chi connectivity index (χ4v) is 2.20. The molecule has 6 nitrogen and oxygen atoms in total. The summed E-state index contributed by atoms with van der Waals surface area (Å²) in [6, 6.07) is 9.17. The molecule has 1 saturated heterocycles. The van der Waals surface area contributed by atoms with Gasteiger partial charge in [-0.25, -0.2) is 14.0 Å². The lowest BCUT2D eigenvalue weighted by atomic mass is 10.2. The zero-order valence-corrected chi connectivity index (χ0v) is 14.0. The van der Waals surface area contributed by atoms with Crippen LogP contribution in [0.5, 0.6) is 0 Å². The third-order valence-electron chi connectivity index (χ3n) is 3.30. The van der Waals surface area contributed by atoms with Gasteiger partial charge >= 0.3 is 12.2 Å². The number of rotatable bonds is 3. The second-order valence-electron chi connectivity index (χ2n) is 6.58. The standard InChI is InChI=1S/C17H22FNO5/c1-17(2,3)24-16(21)23-14-10-19(9-13(14)18)15(20)22-11-12-7-5-4-6-8-12/h4-8,13-14H,9-11H2,1-3H3/t13-,14-/m0/s1. The van der Waals surface area contributed by atoms with Gasteiger partial charge in [0.15, 0.2) is 12.3 Å². The molecule has 132 valence electrons. The molecule has 0 aliphatic carbocycles. The van der Waals surface area contributed by atoms with E-state index in [4.69, 9.17) is 14.2 Å². The Kier molecular flexibility index (Phi) is 5.64. The van der Waals surface area contributed by atoms with E-state index in [9.17, 15) is 14.0 Å². The largest absolute Gasteiger partial charge is 0.509 e. The molecule has 1 amide bonds. The van der Waals surface area contributed by atoms with Crippen molar-refractivity contribution in [2.45, 2.75) is 45.3 Å². The van der Waals surface area contributed by atoms with Crippen LogP contribution in [-0.4, -0.2) is 48.1 Å². The van der Waals surface area contributed by atoms with Crippen LogP contribution in [0.3, 0.4) is 0 Å². The number of halogens is 1. The van der Waals surface area contributed by atoms with Crippen LogP contribution >= 0.6 is 0 Å². The fraction of sp³-hybridized carbons (Fsp3) is 0.529. The molecule has 1 heterocycles. The number of alkyl halides is 1. The Balaban J connectivity index is 1.81. The highest BCUT2D eigenvalue weighted by atomic mass is 19.1. The summed E-state index contributed by atoms with van der Waals surface area (Å²) < 4.78 is 29.1. The van der Waals surface area contributed by atoms with E-state index >= 15 is 0 Å². The molecule has 2 rings (SSSR count). The smallest absolute Gasteiger partial charge is 0.445 e. The molecule has 0 spiro atoms. The van der Waals surface area contributed by atoms with E-state index in [2.05, 4.69) is 0 Å². The first kappa shape index (κ1) is 18.0. The zero-order valence-electron chi connectivity index (χ0n) is 14.0. The Morgan fingerprint density at radius 3 is 2.50 bits per heavy atom. The summed E-state index contributed by atoms with van der Waals surface area (Å²) in [6.07, 6.45) is -4.11. The fourth-order valence-electron chi connectivity index (χ4n) is 2.20. The van der Waals surface area contributed by atoms with E-state index in [1.165, 1.54) is 4.90 Å². The molecule has 0 N–H and O–H groups in total. The molecule has 0 saturated carbocycles. The maximum absolute atomic E-state index is 14.0. The molecule has 1 aromatic carbocycles. The number of hydrogen-bond acceptors (Lipinski definition) is 5. The summed E-state index contributed by atoms with van der Waals surface area (Å²) in [5.41, 5.74) is 0.110. The summed E-state index contributed by atoms with van der Waals surface area (Å²) in [5, 5.41) is 0. The molecule has 2 atom stereocenters. The van der Waals surface area contributed by atoms with E-state index in [1.807, 2.05) is 30.3 Å². The van der Waals surface area contributed by atoms with E-state index < -0.39 is 30.1 Å². The summed E-state index contributed by atoms with van der Waals surface area (Å²) >= 11 is 0. The third-order valence-corrected chi connectivity index (χ3v) is 3.30. The van der Waals surface area contributed by atoms with Gasteiger partial charge < -0.3 is 19.1 Å². The number of hydrogen-bond donors (Lipinski definition) is 0. The molecule has 0 aromatic heterocycles. The van der Waals surface area contributed by atoms with Crippen molar-refractivity contribution in [1.82, 2.24) is 4.90 Å². The number of carbonyl (C=O) groups excluding carboxylic acids is 2. The van der Waals surface area contributed by atoms with Gasteiger partial charge in [-0.15, -0.1) is 0 Å². The minimum atomic E-state index is -1.47. The Morgan fingerprint density at radius 2 is 1.88 bits per heavy atom. The van der Waals surface area contributed by atoms with Crippen LogP contribution in [0.4, 0.5) is 14.0 Å². The maximum Gasteiger partial charge on any atom is 0.509 e. The quantitative estimate of drug-likeness (QED) is 0.791. The van der Waals surface area contributed by atoms with Crippen molar-refractivity contribution in [2.24, 2.45) is 0 Å². The first-order valence-electron chi connectivity index (χ1n) is 7.74. The highest BCUT2D eigenvalue weighted by Crippen LogP contribution is 2.20. The van der Waals surface area contributed by atoms with E-state index in [-0.39, 0.29) is 19.7 Å². The molecule has 24 heavy (non-hydrogen) atoms. The number of nitrogens with zero attached hydrogens (tertiary/aromatic N) is 1. The van der Waals surface area contributed by atoms with Gasteiger partial charge in [0.25, 0.3) is 0 Å². The van der Waals surface area contributed by atoms with E-state index in [0.29, 0.717) is 0 Å². The molecular weight excluding hydrogens is 317 g/mol. The van der Waals surface area contributed by atoms with Crippen molar-refractivity contribution in [1.29, 1.82) is 0 Å². The minimum Gasteiger partial charge on any atom is -0.445 e. The third kappa shape index (κ3) is 5.40. The lowest BCUT2D eigenvalue weighted by Gasteiger charge is -2.21. The average Bonchev–Trinajstić information content (AvgIpc) is 2.85. The van der Waals surface area contributed by atoms with Gasteiger partial charge in [-0.1, -0.05) is 30.3 Å². The number of amides is 1. The van der Waals surface area contributed by atoms with Crippen molar-refractivity contribution < 1.29 is 28.2 Å². The highest BCUT2D eigenvalue weighted by Gasteiger charge is 2.39. The number of likely N-dealkylation sites (tertiary alicyclic amines) is 1. The van der Waals surface area contributed by atoms with Crippen LogP contribution in [-0.2, 0) is 20.8 Å². The molecule has 1 fully saturated rings. The SMILES string of the molecule is CC(C)(C)OC(=O)O[C@H]1CN(C(=O)OCc2ccccc2)C[C@@H]1F. The molecular formula is C17H22FNO5. The highest BCUT2D eigenvalue weighted by molar-refractivity contribution is 5.68. The topological polar surface area (TPSA) is 65.1 Å². The second kappa shape index (κ2) is 7.51. The van der Waals surface area contributed by atoms with Crippen molar-refractivity contribution in [3.63, 3.8) is 0 Å². The second-order valence-corrected chi connectivity index (χ2v) is 6.58. The molecule has 1 aromatic rings. The molecule has 7 heteroatoms. The van der Waals surface area contributed by atoms with Gasteiger partial charge in [0, 0.05) is 0 Å². The Labute approximate surface area is 140 Å². The van der Waals surface area contributed by atoms with Gasteiger partial charge in [0.05, 0.1) is 13.1 Å². The summed E-state index contributed by atoms with van der Waals surface area (Å²) in [5.74, 6) is 0. The van der Waals surface area contributed by atoms with Gasteiger partial charge in [0.1, 0.15) is 12.2 Å². The summed E-state index contributed by atoms with van der Waals surface area (Å²) in [6.45, 7) is 4.91. The van der Waals surface area contributed by atoms with Gasteiger partial charge in [0.2, 0.25) is 0 Å². The lowest BCUT2D eigenvalue weighted by molar-refractivity contribution is -0.0351. The van der Waals surface area contributed by atoms with Crippen LogP contribution in [0, 0.1) is 0 Å². The Bertz CT molecular complexity index is 572. The molecule has 0 radical (unpaired) electrons. The molecule has 1 aliphatic heterocycles. The summed E-state index contributed by atoms with van der Waals surface area (Å²) in [7, 11) is 0.